The van der Waals surface area contributed by atoms with Gasteiger partial charge in [-0.05, 0) is 12.1 Å². The molecule has 0 heterocycles. The third-order valence-corrected chi connectivity index (χ3v) is 3.08. The molecule has 0 saturated heterocycles. The summed E-state index contributed by atoms with van der Waals surface area (Å²) in [6.45, 7) is 0. The molecule has 12 heavy (non-hydrogen) atoms. The fourth-order valence-corrected chi connectivity index (χ4v) is 1.77. The van der Waals surface area contributed by atoms with Gasteiger partial charge in [0.15, 0.2) is 0 Å². The SMILES string of the molecule is Cl/C=C(\Cl)CSc1ccccc1. The van der Waals surface area contributed by atoms with Gasteiger partial charge in [-0.15, -0.1) is 11.8 Å². The van der Waals surface area contributed by atoms with Gasteiger partial charge in [0.25, 0.3) is 0 Å². The quantitative estimate of drug-likeness (QED) is 0.689. The van der Waals surface area contributed by atoms with Crippen LogP contribution >= 0.6 is 35.0 Å². The number of benzene rings is 1. The fraction of sp³-hybridized carbons (Fsp3) is 0.111. The van der Waals surface area contributed by atoms with E-state index in [1.165, 1.54) is 10.4 Å². The van der Waals surface area contributed by atoms with Crippen LogP contribution in [0.5, 0.6) is 0 Å². The van der Waals surface area contributed by atoms with E-state index in [-0.39, 0.29) is 0 Å². The van der Waals surface area contributed by atoms with Crippen molar-refractivity contribution < 1.29 is 0 Å². The average Bonchev–Trinajstić information content (AvgIpc) is 2.16. The second-order valence-corrected chi connectivity index (χ2v) is 3.91. The monoisotopic (exact) mass is 218 g/mol. The fourth-order valence-electron chi connectivity index (χ4n) is 0.700. The molecule has 0 aliphatic carbocycles. The van der Waals surface area contributed by atoms with Crippen molar-refractivity contribution >= 4 is 35.0 Å². The summed E-state index contributed by atoms with van der Waals surface area (Å²) < 4.78 is 0. The first-order valence-electron chi connectivity index (χ1n) is 3.45. The van der Waals surface area contributed by atoms with Gasteiger partial charge in [0.05, 0.1) is 0 Å². The Morgan fingerprint density at radius 3 is 2.58 bits per heavy atom. The van der Waals surface area contributed by atoms with Crippen molar-refractivity contribution in [1.82, 2.24) is 0 Å². The molecule has 0 fully saturated rings. The van der Waals surface area contributed by atoms with E-state index in [0.29, 0.717) is 5.03 Å². The van der Waals surface area contributed by atoms with Gasteiger partial charge in [-0.25, -0.2) is 0 Å². The molecule has 0 spiro atoms. The number of rotatable bonds is 3. The van der Waals surface area contributed by atoms with Gasteiger partial charge in [0.1, 0.15) is 0 Å². The second-order valence-electron chi connectivity index (χ2n) is 2.16. The van der Waals surface area contributed by atoms with Crippen LogP contribution in [-0.4, -0.2) is 5.75 Å². The minimum atomic E-state index is 0.672. The maximum atomic E-state index is 5.72. The largest absolute Gasteiger partial charge is 0.120 e. The molecule has 0 N–H and O–H groups in total. The van der Waals surface area contributed by atoms with Gasteiger partial charge in [-0.1, -0.05) is 41.4 Å². The topological polar surface area (TPSA) is 0 Å². The summed E-state index contributed by atoms with van der Waals surface area (Å²) in [7, 11) is 0. The van der Waals surface area contributed by atoms with E-state index in [4.69, 9.17) is 23.2 Å². The third kappa shape index (κ3) is 3.53. The first-order chi connectivity index (χ1) is 5.83. The first-order valence-corrected chi connectivity index (χ1v) is 5.25. The van der Waals surface area contributed by atoms with Crippen LogP contribution < -0.4 is 0 Å². The Hall–Kier alpha value is -0.110. The summed E-state index contributed by atoms with van der Waals surface area (Å²) in [4.78, 5) is 1.20. The highest BCUT2D eigenvalue weighted by Gasteiger charge is 1.94. The predicted octanol–water partition coefficient (Wildman–Crippen LogP) is 4.10. The van der Waals surface area contributed by atoms with Gasteiger partial charge in [-0.2, -0.15) is 0 Å². The van der Waals surface area contributed by atoms with Gasteiger partial charge >= 0.3 is 0 Å². The maximum Gasteiger partial charge on any atom is 0.0396 e. The summed E-state index contributed by atoms with van der Waals surface area (Å²) in [5.41, 5.74) is 1.40. The van der Waals surface area contributed by atoms with E-state index in [0.717, 1.165) is 5.75 Å². The van der Waals surface area contributed by atoms with Crippen LogP contribution in [0.3, 0.4) is 0 Å². The Kier molecular flexibility index (Phi) is 4.59. The van der Waals surface area contributed by atoms with Crippen molar-refractivity contribution in [2.75, 3.05) is 5.75 Å². The third-order valence-electron chi connectivity index (χ3n) is 1.24. The Bertz CT molecular complexity index is 256. The molecule has 0 atom stereocenters. The van der Waals surface area contributed by atoms with Gasteiger partial charge in [0, 0.05) is 21.2 Å². The zero-order valence-corrected chi connectivity index (χ0v) is 8.66. The van der Waals surface area contributed by atoms with Crippen molar-refractivity contribution in [3.05, 3.63) is 40.9 Å². The minimum absolute atomic E-state index is 0.672. The summed E-state index contributed by atoms with van der Waals surface area (Å²) in [6, 6.07) is 10.1. The summed E-state index contributed by atoms with van der Waals surface area (Å²) >= 11 is 12.8. The molecule has 0 aromatic heterocycles. The highest BCUT2D eigenvalue weighted by atomic mass is 35.5. The van der Waals surface area contributed by atoms with Crippen molar-refractivity contribution in [2.45, 2.75) is 4.90 Å². The minimum Gasteiger partial charge on any atom is -0.120 e. The highest BCUT2D eigenvalue weighted by molar-refractivity contribution is 7.99. The van der Waals surface area contributed by atoms with E-state index < -0.39 is 0 Å². The first kappa shape index (κ1) is 9.97. The van der Waals surface area contributed by atoms with Gasteiger partial charge < -0.3 is 0 Å². The maximum absolute atomic E-state index is 5.72. The van der Waals surface area contributed by atoms with E-state index >= 15 is 0 Å². The zero-order chi connectivity index (χ0) is 8.81. The van der Waals surface area contributed by atoms with E-state index in [9.17, 15) is 0 Å². The van der Waals surface area contributed by atoms with Crippen LogP contribution in [-0.2, 0) is 0 Å². The smallest absolute Gasteiger partial charge is 0.0396 e. The molecular weight excluding hydrogens is 211 g/mol. The standard InChI is InChI=1S/C9H8Cl2S/c10-6-8(11)7-12-9-4-2-1-3-5-9/h1-6H,7H2/b8-6-. The van der Waals surface area contributed by atoms with Gasteiger partial charge in [0.2, 0.25) is 0 Å². The Labute approximate surface area is 86.6 Å². The second kappa shape index (κ2) is 5.52. The zero-order valence-electron chi connectivity index (χ0n) is 6.34. The van der Waals surface area contributed by atoms with Crippen LogP contribution in [0.1, 0.15) is 0 Å². The average molecular weight is 219 g/mol. The molecule has 1 rings (SSSR count). The lowest BCUT2D eigenvalue weighted by Gasteiger charge is -1.98. The Morgan fingerprint density at radius 1 is 1.33 bits per heavy atom. The van der Waals surface area contributed by atoms with E-state index in [1.807, 2.05) is 30.3 Å². The lowest BCUT2D eigenvalue weighted by Crippen LogP contribution is -1.76. The molecular formula is C9H8Cl2S. The normalized spacial score (nSPS) is 11.7. The van der Waals surface area contributed by atoms with Gasteiger partial charge in [-0.3, -0.25) is 0 Å². The van der Waals surface area contributed by atoms with Crippen LogP contribution in [0.15, 0.2) is 45.8 Å². The summed E-state index contributed by atoms with van der Waals surface area (Å²) in [6.07, 6.45) is 0. The van der Waals surface area contributed by atoms with Crippen molar-refractivity contribution in [1.29, 1.82) is 0 Å². The summed E-state index contributed by atoms with van der Waals surface area (Å²) in [5, 5.41) is 0.672. The molecule has 0 radical (unpaired) electrons. The van der Waals surface area contributed by atoms with Crippen LogP contribution in [0.4, 0.5) is 0 Å². The number of hydrogen-bond acceptors (Lipinski definition) is 1. The number of hydrogen-bond donors (Lipinski definition) is 0. The summed E-state index contributed by atoms with van der Waals surface area (Å²) in [5.74, 6) is 0.731. The van der Waals surface area contributed by atoms with Crippen LogP contribution in [0.2, 0.25) is 0 Å². The number of halogens is 2. The molecule has 0 bridgehead atoms. The van der Waals surface area contributed by atoms with Crippen molar-refractivity contribution in [3.8, 4) is 0 Å². The van der Waals surface area contributed by atoms with Crippen LogP contribution in [0.25, 0.3) is 0 Å². The molecule has 1 aromatic carbocycles. The Morgan fingerprint density at radius 2 is 2.00 bits per heavy atom. The molecule has 0 aliphatic heterocycles. The molecule has 1 aromatic rings. The molecule has 0 saturated carbocycles. The van der Waals surface area contributed by atoms with E-state index in [1.54, 1.807) is 11.8 Å². The lowest BCUT2D eigenvalue weighted by molar-refractivity contribution is 1.46. The van der Waals surface area contributed by atoms with E-state index in [2.05, 4.69) is 0 Å². The molecule has 0 amide bonds. The molecule has 64 valence electrons. The molecule has 0 aliphatic rings. The number of thioether (sulfide) groups is 1. The Balaban J connectivity index is 2.44. The lowest BCUT2D eigenvalue weighted by atomic mass is 10.4. The molecule has 0 nitrogen and oxygen atoms in total. The predicted molar refractivity (Wildman–Crippen MR) is 57.0 cm³/mol. The van der Waals surface area contributed by atoms with Crippen LogP contribution in [0, 0.1) is 0 Å². The highest BCUT2D eigenvalue weighted by Crippen LogP contribution is 2.21. The van der Waals surface area contributed by atoms with Crippen molar-refractivity contribution in [2.24, 2.45) is 0 Å². The molecule has 3 heteroatoms. The van der Waals surface area contributed by atoms with Crippen molar-refractivity contribution in [3.63, 3.8) is 0 Å². The molecule has 0 unspecified atom stereocenters.